The number of rotatable bonds is 9. The number of methoxy groups -OCH3 is 2. The Hall–Kier alpha value is -2.83. The van der Waals surface area contributed by atoms with Gasteiger partial charge in [-0.1, -0.05) is 24.3 Å². The molecule has 3 rings (SSSR count). The highest BCUT2D eigenvalue weighted by atomic mass is 32.2. The molecule has 0 bridgehead atoms. The summed E-state index contributed by atoms with van der Waals surface area (Å²) in [5.74, 6) is 1.66. The zero-order valence-corrected chi connectivity index (χ0v) is 16.9. The molecule has 0 unspecified atom stereocenters. The Bertz CT molecular complexity index is 918. The lowest BCUT2D eigenvalue weighted by molar-refractivity contribution is 0.405. The van der Waals surface area contributed by atoms with Gasteiger partial charge in [-0.05, 0) is 65.5 Å². The van der Waals surface area contributed by atoms with Crippen LogP contribution in [0.15, 0.2) is 71.6 Å². The summed E-state index contributed by atoms with van der Waals surface area (Å²) in [6.07, 6.45) is 0. The van der Waals surface area contributed by atoms with Crippen molar-refractivity contribution in [3.8, 4) is 22.6 Å². The molecule has 5 nitrogen and oxygen atoms in total. The first-order valence-electron chi connectivity index (χ1n) is 9.03. The molecule has 0 atom stereocenters. The van der Waals surface area contributed by atoms with Crippen LogP contribution in [0.3, 0.4) is 0 Å². The van der Waals surface area contributed by atoms with Gasteiger partial charge >= 0.3 is 0 Å². The Balaban J connectivity index is 1.79. The lowest BCUT2D eigenvalue weighted by Gasteiger charge is -2.13. The van der Waals surface area contributed by atoms with Crippen LogP contribution in [0.2, 0.25) is 0 Å². The van der Waals surface area contributed by atoms with Crippen molar-refractivity contribution in [2.75, 3.05) is 37.3 Å². The second-order valence-electron chi connectivity index (χ2n) is 6.10. The maximum Gasteiger partial charge on any atom is 0.134 e. The first kappa shape index (κ1) is 19.9. The highest BCUT2D eigenvalue weighted by Gasteiger charge is 2.08. The SMILES string of the molecule is COc1cccc(-c2ccc(OC)c(SNc3cccc(NCCN)c3)c2)c1. The summed E-state index contributed by atoms with van der Waals surface area (Å²) in [6.45, 7) is 1.34. The highest BCUT2D eigenvalue weighted by Crippen LogP contribution is 2.35. The van der Waals surface area contributed by atoms with E-state index in [-0.39, 0.29) is 0 Å². The maximum atomic E-state index is 5.56. The van der Waals surface area contributed by atoms with Crippen LogP contribution in [-0.4, -0.2) is 27.3 Å². The minimum atomic E-state index is 0.598. The molecule has 0 aliphatic heterocycles. The van der Waals surface area contributed by atoms with Gasteiger partial charge in [0.25, 0.3) is 0 Å². The van der Waals surface area contributed by atoms with Gasteiger partial charge < -0.3 is 25.2 Å². The van der Waals surface area contributed by atoms with E-state index in [9.17, 15) is 0 Å². The van der Waals surface area contributed by atoms with Crippen molar-refractivity contribution < 1.29 is 9.47 Å². The van der Waals surface area contributed by atoms with Crippen LogP contribution < -0.4 is 25.2 Å². The smallest absolute Gasteiger partial charge is 0.134 e. The van der Waals surface area contributed by atoms with Crippen LogP contribution in [0.5, 0.6) is 11.5 Å². The third kappa shape index (κ3) is 5.12. The molecule has 0 radical (unpaired) electrons. The van der Waals surface area contributed by atoms with Gasteiger partial charge in [0.1, 0.15) is 11.5 Å². The summed E-state index contributed by atoms with van der Waals surface area (Å²) in [7, 11) is 3.36. The Morgan fingerprint density at radius 1 is 0.857 bits per heavy atom. The highest BCUT2D eigenvalue weighted by molar-refractivity contribution is 8.00. The van der Waals surface area contributed by atoms with Crippen LogP contribution >= 0.6 is 11.9 Å². The lowest BCUT2D eigenvalue weighted by Crippen LogP contribution is -2.12. The minimum Gasteiger partial charge on any atom is -0.497 e. The van der Waals surface area contributed by atoms with Gasteiger partial charge in [-0.2, -0.15) is 0 Å². The first-order chi connectivity index (χ1) is 13.7. The molecule has 3 aromatic rings. The molecular weight excluding hydrogens is 370 g/mol. The van der Waals surface area contributed by atoms with Crippen LogP contribution in [0.25, 0.3) is 11.1 Å². The third-order valence-corrected chi connectivity index (χ3v) is 5.06. The average molecular weight is 396 g/mol. The van der Waals surface area contributed by atoms with Gasteiger partial charge in [0.05, 0.1) is 19.1 Å². The number of anilines is 2. The maximum absolute atomic E-state index is 5.56. The van der Waals surface area contributed by atoms with Crippen LogP contribution in [0.1, 0.15) is 0 Å². The third-order valence-electron chi connectivity index (χ3n) is 4.18. The largest absolute Gasteiger partial charge is 0.497 e. The van der Waals surface area contributed by atoms with Crippen LogP contribution in [-0.2, 0) is 0 Å². The molecule has 0 spiro atoms. The number of nitrogens with two attached hydrogens (primary N) is 1. The van der Waals surface area contributed by atoms with Crippen LogP contribution in [0, 0.1) is 0 Å². The number of benzene rings is 3. The summed E-state index contributed by atoms with van der Waals surface area (Å²) < 4.78 is 14.3. The molecule has 6 heteroatoms. The van der Waals surface area contributed by atoms with Gasteiger partial charge in [0.15, 0.2) is 0 Å². The van der Waals surface area contributed by atoms with Crippen molar-refractivity contribution in [1.29, 1.82) is 0 Å². The molecule has 0 saturated heterocycles. The van der Waals surface area contributed by atoms with E-state index in [4.69, 9.17) is 15.2 Å². The van der Waals surface area contributed by atoms with E-state index < -0.39 is 0 Å². The molecule has 146 valence electrons. The summed E-state index contributed by atoms with van der Waals surface area (Å²) in [6, 6.07) is 22.3. The predicted octanol–water partition coefficient (Wildman–Crippen LogP) is 4.86. The number of nitrogens with one attached hydrogen (secondary N) is 2. The quantitative estimate of drug-likeness (QED) is 0.450. The fourth-order valence-electron chi connectivity index (χ4n) is 2.76. The first-order valence-corrected chi connectivity index (χ1v) is 9.84. The molecule has 0 fully saturated rings. The van der Waals surface area contributed by atoms with E-state index >= 15 is 0 Å². The van der Waals surface area contributed by atoms with E-state index in [0.29, 0.717) is 6.54 Å². The Morgan fingerprint density at radius 2 is 1.64 bits per heavy atom. The van der Waals surface area contributed by atoms with Gasteiger partial charge in [-0.15, -0.1) is 0 Å². The van der Waals surface area contributed by atoms with Crippen molar-refractivity contribution in [2.24, 2.45) is 5.73 Å². The predicted molar refractivity (Wildman–Crippen MR) is 118 cm³/mol. The average Bonchev–Trinajstić information content (AvgIpc) is 2.76. The molecular formula is C22H25N3O2S. The topological polar surface area (TPSA) is 68.5 Å². The second kappa shape index (κ2) is 9.92. The zero-order chi connectivity index (χ0) is 19.8. The summed E-state index contributed by atoms with van der Waals surface area (Å²) >= 11 is 1.52. The lowest BCUT2D eigenvalue weighted by atomic mass is 10.1. The molecule has 0 aromatic heterocycles. The van der Waals surface area contributed by atoms with Crippen molar-refractivity contribution in [1.82, 2.24) is 0 Å². The van der Waals surface area contributed by atoms with Gasteiger partial charge in [-0.3, -0.25) is 0 Å². The molecule has 28 heavy (non-hydrogen) atoms. The summed E-state index contributed by atoms with van der Waals surface area (Å²) in [5.41, 5.74) is 9.79. The Kier molecular flexibility index (Phi) is 7.06. The number of hydrogen-bond acceptors (Lipinski definition) is 6. The standard InChI is InChI=1S/C22H25N3O2S/c1-26-20-8-3-5-16(13-20)17-9-10-21(27-2)22(14-17)28-25-19-7-4-6-18(15-19)24-12-11-23/h3-10,13-15,24-25H,11-12,23H2,1-2H3. The van der Waals surface area contributed by atoms with E-state index in [1.807, 2.05) is 42.5 Å². The van der Waals surface area contributed by atoms with E-state index in [2.05, 4.69) is 34.3 Å². The van der Waals surface area contributed by atoms with E-state index in [1.165, 1.54) is 11.9 Å². The summed E-state index contributed by atoms with van der Waals surface area (Å²) in [4.78, 5) is 1.00. The van der Waals surface area contributed by atoms with Crippen molar-refractivity contribution in [3.63, 3.8) is 0 Å². The normalized spacial score (nSPS) is 10.4. The second-order valence-corrected chi connectivity index (χ2v) is 6.95. The molecule has 3 aromatic carbocycles. The van der Waals surface area contributed by atoms with Crippen molar-refractivity contribution in [2.45, 2.75) is 4.90 Å². The van der Waals surface area contributed by atoms with Gasteiger partial charge in [-0.25, -0.2) is 0 Å². The Morgan fingerprint density at radius 3 is 2.43 bits per heavy atom. The van der Waals surface area contributed by atoms with Crippen LogP contribution in [0.4, 0.5) is 11.4 Å². The van der Waals surface area contributed by atoms with Crippen molar-refractivity contribution >= 4 is 23.3 Å². The van der Waals surface area contributed by atoms with Gasteiger partial charge in [0.2, 0.25) is 0 Å². The number of hydrogen-bond donors (Lipinski definition) is 3. The van der Waals surface area contributed by atoms with Crippen molar-refractivity contribution in [3.05, 3.63) is 66.7 Å². The molecule has 0 saturated carbocycles. The van der Waals surface area contributed by atoms with Gasteiger partial charge in [0, 0.05) is 24.5 Å². The fraction of sp³-hybridized carbons (Fsp3) is 0.182. The molecule has 4 N–H and O–H groups in total. The van der Waals surface area contributed by atoms with E-state index in [0.717, 1.165) is 45.4 Å². The molecule has 0 aliphatic rings. The molecule has 0 amide bonds. The fourth-order valence-corrected chi connectivity index (χ4v) is 3.55. The molecule has 0 aliphatic carbocycles. The minimum absolute atomic E-state index is 0.598. The van der Waals surface area contributed by atoms with E-state index in [1.54, 1.807) is 14.2 Å². The number of ether oxygens (including phenoxy) is 2. The zero-order valence-electron chi connectivity index (χ0n) is 16.1. The molecule has 0 heterocycles. The monoisotopic (exact) mass is 395 g/mol. The Labute approximate surface area is 170 Å². The summed E-state index contributed by atoms with van der Waals surface area (Å²) in [5, 5.41) is 3.29.